The molecule has 1 fully saturated rings. The van der Waals surface area contributed by atoms with Crippen molar-refractivity contribution in [1.29, 1.82) is 0 Å². The van der Waals surface area contributed by atoms with Crippen molar-refractivity contribution >= 4 is 17.5 Å². The van der Waals surface area contributed by atoms with E-state index in [0.717, 1.165) is 31.3 Å². The number of piperidine rings is 1. The van der Waals surface area contributed by atoms with E-state index >= 15 is 0 Å². The van der Waals surface area contributed by atoms with E-state index in [1.165, 1.54) is 19.3 Å². The smallest absolute Gasteiger partial charge is 0.239 e. The minimum absolute atomic E-state index is 0.0231. The molecule has 1 N–H and O–H groups in total. The number of aromatic nitrogens is 2. The summed E-state index contributed by atoms with van der Waals surface area (Å²) in [6.07, 6.45) is 5.33. The van der Waals surface area contributed by atoms with E-state index in [1.54, 1.807) is 6.33 Å². The number of anilines is 2. The highest BCUT2D eigenvalue weighted by Crippen LogP contribution is 2.20. The lowest BCUT2D eigenvalue weighted by molar-refractivity contribution is -0.120. The highest BCUT2D eigenvalue weighted by Gasteiger charge is 2.16. The second-order valence-corrected chi connectivity index (χ2v) is 6.02. The van der Waals surface area contributed by atoms with Gasteiger partial charge in [0.05, 0.1) is 6.54 Å². The zero-order chi connectivity index (χ0) is 15.9. The second-order valence-electron chi connectivity index (χ2n) is 6.02. The molecule has 1 amide bonds. The number of amides is 1. The Kier molecular flexibility index (Phi) is 5.98. The summed E-state index contributed by atoms with van der Waals surface area (Å²) in [4.78, 5) is 25.0. The highest BCUT2D eigenvalue weighted by molar-refractivity contribution is 5.81. The van der Waals surface area contributed by atoms with Crippen molar-refractivity contribution in [2.24, 2.45) is 0 Å². The Balaban J connectivity index is 2.06. The summed E-state index contributed by atoms with van der Waals surface area (Å²) in [6.45, 7) is 9.13. The van der Waals surface area contributed by atoms with Crippen LogP contribution in [0.3, 0.4) is 0 Å². The molecule has 22 heavy (non-hydrogen) atoms. The largest absolute Gasteiger partial charge is 0.356 e. The van der Waals surface area contributed by atoms with Gasteiger partial charge in [0, 0.05) is 31.7 Å². The Morgan fingerprint density at radius 1 is 1.32 bits per heavy atom. The molecule has 0 atom stereocenters. The van der Waals surface area contributed by atoms with Crippen molar-refractivity contribution in [2.45, 2.75) is 46.1 Å². The molecule has 1 saturated heterocycles. The molecule has 0 aliphatic carbocycles. The van der Waals surface area contributed by atoms with Crippen molar-refractivity contribution in [1.82, 2.24) is 15.3 Å². The van der Waals surface area contributed by atoms with Gasteiger partial charge in [0.15, 0.2) is 0 Å². The molecule has 1 aliphatic rings. The molecule has 1 aliphatic heterocycles. The van der Waals surface area contributed by atoms with Crippen molar-refractivity contribution in [3.63, 3.8) is 0 Å². The maximum absolute atomic E-state index is 12.0. The van der Waals surface area contributed by atoms with Crippen molar-refractivity contribution in [3.05, 3.63) is 12.4 Å². The van der Waals surface area contributed by atoms with E-state index in [2.05, 4.69) is 20.2 Å². The van der Waals surface area contributed by atoms with Crippen LogP contribution >= 0.6 is 0 Å². The van der Waals surface area contributed by atoms with Crippen molar-refractivity contribution < 1.29 is 4.79 Å². The first-order valence-corrected chi connectivity index (χ1v) is 8.21. The summed E-state index contributed by atoms with van der Waals surface area (Å²) in [6, 6.07) is 2.15. The van der Waals surface area contributed by atoms with Gasteiger partial charge in [-0.05, 0) is 40.0 Å². The number of likely N-dealkylation sites (N-methyl/N-ethyl adjacent to an activating group) is 1. The van der Waals surface area contributed by atoms with Gasteiger partial charge in [-0.25, -0.2) is 9.97 Å². The van der Waals surface area contributed by atoms with Crippen LogP contribution in [0, 0.1) is 0 Å². The average molecular weight is 305 g/mol. The van der Waals surface area contributed by atoms with Gasteiger partial charge < -0.3 is 15.1 Å². The first kappa shape index (κ1) is 16.5. The van der Waals surface area contributed by atoms with E-state index in [9.17, 15) is 4.79 Å². The van der Waals surface area contributed by atoms with Gasteiger partial charge in [-0.1, -0.05) is 0 Å². The lowest BCUT2D eigenvalue weighted by Crippen LogP contribution is -2.40. The SMILES string of the molecule is CCN(CC(=O)NC(C)C)c1cc(N2CCCCC2)ncn1. The maximum Gasteiger partial charge on any atom is 0.239 e. The molecule has 2 heterocycles. The van der Waals surface area contributed by atoms with E-state index in [1.807, 2.05) is 31.7 Å². The summed E-state index contributed by atoms with van der Waals surface area (Å²) in [7, 11) is 0. The van der Waals surface area contributed by atoms with E-state index in [4.69, 9.17) is 0 Å². The molecule has 2 rings (SSSR count). The quantitative estimate of drug-likeness (QED) is 0.868. The van der Waals surface area contributed by atoms with Gasteiger partial charge in [-0.2, -0.15) is 0 Å². The fourth-order valence-corrected chi connectivity index (χ4v) is 2.70. The average Bonchev–Trinajstić information content (AvgIpc) is 2.53. The Labute approximate surface area is 132 Å². The van der Waals surface area contributed by atoms with Crippen LogP contribution in [0.15, 0.2) is 12.4 Å². The second kappa shape index (κ2) is 7.96. The van der Waals surface area contributed by atoms with Crippen LogP contribution in [0.4, 0.5) is 11.6 Å². The Bertz CT molecular complexity index is 485. The number of hydrogen-bond acceptors (Lipinski definition) is 5. The lowest BCUT2D eigenvalue weighted by Gasteiger charge is -2.29. The van der Waals surface area contributed by atoms with Gasteiger partial charge in [-0.3, -0.25) is 4.79 Å². The maximum atomic E-state index is 12.0. The van der Waals surface area contributed by atoms with Crippen LogP contribution in [0.5, 0.6) is 0 Å². The molecule has 0 aromatic carbocycles. The first-order valence-electron chi connectivity index (χ1n) is 8.21. The Morgan fingerprint density at radius 3 is 2.68 bits per heavy atom. The van der Waals surface area contributed by atoms with Crippen LogP contribution < -0.4 is 15.1 Å². The molecule has 122 valence electrons. The van der Waals surface area contributed by atoms with E-state index < -0.39 is 0 Å². The fraction of sp³-hybridized carbons (Fsp3) is 0.688. The molecule has 0 spiro atoms. The summed E-state index contributed by atoms with van der Waals surface area (Å²) in [5.41, 5.74) is 0. The molecule has 6 nitrogen and oxygen atoms in total. The number of carbonyl (C=O) groups is 1. The summed E-state index contributed by atoms with van der Waals surface area (Å²) in [5, 5.41) is 2.92. The third-order valence-corrected chi connectivity index (χ3v) is 3.81. The van der Waals surface area contributed by atoms with Gasteiger partial charge in [0.2, 0.25) is 5.91 Å². The van der Waals surface area contributed by atoms with Gasteiger partial charge in [0.1, 0.15) is 18.0 Å². The topological polar surface area (TPSA) is 61.4 Å². The summed E-state index contributed by atoms with van der Waals surface area (Å²) < 4.78 is 0. The van der Waals surface area contributed by atoms with Gasteiger partial charge in [-0.15, -0.1) is 0 Å². The zero-order valence-corrected chi connectivity index (χ0v) is 13.9. The number of nitrogens with zero attached hydrogens (tertiary/aromatic N) is 4. The van der Waals surface area contributed by atoms with Crippen LogP contribution in [-0.2, 0) is 4.79 Å². The molecule has 1 aromatic heterocycles. The number of hydrogen-bond donors (Lipinski definition) is 1. The number of nitrogens with one attached hydrogen (secondary N) is 1. The first-order chi connectivity index (χ1) is 10.6. The van der Waals surface area contributed by atoms with E-state index in [-0.39, 0.29) is 11.9 Å². The van der Waals surface area contributed by atoms with Crippen molar-refractivity contribution in [2.75, 3.05) is 36.0 Å². The fourth-order valence-electron chi connectivity index (χ4n) is 2.70. The highest BCUT2D eigenvalue weighted by atomic mass is 16.2. The molecular formula is C16H27N5O. The Hall–Kier alpha value is -1.85. The van der Waals surface area contributed by atoms with E-state index in [0.29, 0.717) is 6.54 Å². The molecule has 0 radical (unpaired) electrons. The summed E-state index contributed by atoms with van der Waals surface area (Å²) in [5.74, 6) is 1.80. The Morgan fingerprint density at radius 2 is 2.05 bits per heavy atom. The standard InChI is InChI=1S/C16H27N5O/c1-4-20(11-16(22)19-13(2)3)14-10-15(18-12-17-14)21-8-6-5-7-9-21/h10,12-13H,4-9,11H2,1-3H3,(H,19,22). The third-order valence-electron chi connectivity index (χ3n) is 3.81. The molecule has 6 heteroatoms. The monoisotopic (exact) mass is 305 g/mol. The number of carbonyl (C=O) groups excluding carboxylic acids is 1. The number of rotatable bonds is 6. The van der Waals surface area contributed by atoms with Gasteiger partial charge >= 0.3 is 0 Å². The van der Waals surface area contributed by atoms with Crippen LogP contribution in [0.25, 0.3) is 0 Å². The lowest BCUT2D eigenvalue weighted by atomic mass is 10.1. The normalized spacial score (nSPS) is 15.0. The predicted octanol–water partition coefficient (Wildman–Crippen LogP) is 1.82. The molecule has 0 bridgehead atoms. The van der Waals surface area contributed by atoms with Crippen LogP contribution in [0.2, 0.25) is 0 Å². The molecule has 0 saturated carbocycles. The molecular weight excluding hydrogens is 278 g/mol. The van der Waals surface area contributed by atoms with Crippen molar-refractivity contribution in [3.8, 4) is 0 Å². The van der Waals surface area contributed by atoms with Crippen LogP contribution in [-0.4, -0.2) is 48.1 Å². The van der Waals surface area contributed by atoms with Gasteiger partial charge in [0.25, 0.3) is 0 Å². The summed E-state index contributed by atoms with van der Waals surface area (Å²) >= 11 is 0. The predicted molar refractivity (Wildman–Crippen MR) is 89.3 cm³/mol. The molecule has 1 aromatic rings. The van der Waals surface area contributed by atoms with Crippen LogP contribution in [0.1, 0.15) is 40.0 Å². The minimum Gasteiger partial charge on any atom is -0.356 e. The third kappa shape index (κ3) is 4.58. The minimum atomic E-state index is 0.0231. The molecule has 0 unspecified atom stereocenters. The zero-order valence-electron chi connectivity index (χ0n) is 13.9.